The smallest absolute Gasteiger partial charge is 0.355 e. The topological polar surface area (TPSA) is 122 Å². The van der Waals surface area contributed by atoms with Crippen LogP contribution in [0.15, 0.2) is 24.4 Å². The van der Waals surface area contributed by atoms with Crippen LogP contribution in [0.25, 0.3) is 0 Å². The highest BCUT2D eigenvalue weighted by molar-refractivity contribution is 6.34. The van der Waals surface area contributed by atoms with Crippen LogP contribution in [0.4, 0.5) is 11.4 Å². The molecule has 0 aliphatic carbocycles. The SMILES string of the molecule is Cn1cc([N+](=O)[O-])cc1C(=O)OCC(=O)Nc1cc2c(cc1Cl)OCO2. The molecule has 26 heavy (non-hydrogen) atoms. The molecule has 1 aromatic heterocycles. The summed E-state index contributed by atoms with van der Waals surface area (Å²) in [7, 11) is 1.45. The second-order valence-corrected chi connectivity index (χ2v) is 5.67. The second kappa shape index (κ2) is 6.92. The Bertz CT molecular complexity index is 909. The molecule has 10 nitrogen and oxygen atoms in total. The first-order chi connectivity index (χ1) is 12.3. The molecule has 11 heteroatoms. The number of hydrogen-bond donors (Lipinski definition) is 1. The molecule has 1 aliphatic heterocycles. The van der Waals surface area contributed by atoms with Crippen LogP contribution in [-0.2, 0) is 16.6 Å². The van der Waals surface area contributed by atoms with Crippen LogP contribution in [0.1, 0.15) is 10.5 Å². The molecule has 0 atom stereocenters. The number of esters is 1. The number of hydrogen-bond acceptors (Lipinski definition) is 7. The van der Waals surface area contributed by atoms with Gasteiger partial charge in [-0.3, -0.25) is 14.9 Å². The normalized spacial score (nSPS) is 11.9. The third kappa shape index (κ3) is 3.54. The van der Waals surface area contributed by atoms with Gasteiger partial charge in [0.15, 0.2) is 18.1 Å². The van der Waals surface area contributed by atoms with Crippen LogP contribution in [0, 0.1) is 10.1 Å². The summed E-state index contributed by atoms with van der Waals surface area (Å²) >= 11 is 6.04. The van der Waals surface area contributed by atoms with Gasteiger partial charge in [-0.1, -0.05) is 11.6 Å². The molecular formula is C15H12ClN3O7. The Kier molecular flexibility index (Phi) is 4.67. The van der Waals surface area contributed by atoms with Crippen LogP contribution >= 0.6 is 11.6 Å². The van der Waals surface area contributed by atoms with Gasteiger partial charge in [-0.15, -0.1) is 0 Å². The van der Waals surface area contributed by atoms with Crippen LogP contribution in [0.5, 0.6) is 11.5 Å². The van der Waals surface area contributed by atoms with Gasteiger partial charge in [0.25, 0.3) is 11.6 Å². The molecule has 2 heterocycles. The molecule has 1 amide bonds. The number of nitro groups is 1. The monoisotopic (exact) mass is 381 g/mol. The van der Waals surface area contributed by atoms with Crippen molar-refractivity contribution in [1.82, 2.24) is 4.57 Å². The third-order valence-electron chi connectivity index (χ3n) is 3.48. The minimum atomic E-state index is -0.868. The number of rotatable bonds is 5. The summed E-state index contributed by atoms with van der Waals surface area (Å²) in [5.74, 6) is -0.613. The summed E-state index contributed by atoms with van der Waals surface area (Å²) < 4.78 is 16.5. The van der Waals surface area contributed by atoms with Gasteiger partial charge >= 0.3 is 5.97 Å². The lowest BCUT2D eigenvalue weighted by atomic mass is 10.2. The Morgan fingerprint density at radius 3 is 2.69 bits per heavy atom. The van der Waals surface area contributed by atoms with E-state index in [1.807, 2.05) is 0 Å². The van der Waals surface area contributed by atoms with Crippen LogP contribution in [-0.4, -0.2) is 34.8 Å². The number of halogens is 1. The van der Waals surface area contributed by atoms with Crippen molar-refractivity contribution in [1.29, 1.82) is 0 Å². The number of aromatic nitrogens is 1. The Labute approximate surface area is 151 Å². The number of ether oxygens (including phenoxy) is 3. The summed E-state index contributed by atoms with van der Waals surface area (Å²) in [5.41, 5.74) is -0.0341. The molecule has 3 rings (SSSR count). The zero-order chi connectivity index (χ0) is 18.8. The Morgan fingerprint density at radius 1 is 1.35 bits per heavy atom. The molecule has 0 spiro atoms. The zero-order valence-corrected chi connectivity index (χ0v) is 14.1. The second-order valence-electron chi connectivity index (χ2n) is 5.26. The fourth-order valence-electron chi connectivity index (χ4n) is 2.25. The highest BCUT2D eigenvalue weighted by atomic mass is 35.5. The maximum Gasteiger partial charge on any atom is 0.355 e. The Morgan fingerprint density at radius 2 is 2.04 bits per heavy atom. The fourth-order valence-corrected chi connectivity index (χ4v) is 2.46. The molecule has 0 radical (unpaired) electrons. The summed E-state index contributed by atoms with van der Waals surface area (Å²) in [5, 5.41) is 13.4. The average Bonchev–Trinajstić information content (AvgIpc) is 3.19. The summed E-state index contributed by atoms with van der Waals surface area (Å²) in [4.78, 5) is 34.0. The number of fused-ring (bicyclic) bond motifs is 1. The minimum absolute atomic E-state index is 0.0504. The van der Waals surface area contributed by atoms with Gasteiger partial charge in [-0.05, 0) is 0 Å². The van der Waals surface area contributed by atoms with Crippen molar-refractivity contribution in [3.8, 4) is 11.5 Å². The van der Waals surface area contributed by atoms with Crippen molar-refractivity contribution < 1.29 is 28.7 Å². The van der Waals surface area contributed by atoms with E-state index in [1.165, 1.54) is 29.9 Å². The summed E-state index contributed by atoms with van der Waals surface area (Å²) in [6, 6.07) is 4.05. The van der Waals surface area contributed by atoms with E-state index in [1.54, 1.807) is 0 Å². The van der Waals surface area contributed by atoms with Crippen molar-refractivity contribution in [3.05, 3.63) is 45.2 Å². The molecule has 0 saturated carbocycles. The molecule has 1 aromatic carbocycles. The first-order valence-corrected chi connectivity index (χ1v) is 7.60. The van der Waals surface area contributed by atoms with Crippen molar-refractivity contribution >= 4 is 34.9 Å². The lowest BCUT2D eigenvalue weighted by Gasteiger charge is -2.09. The van der Waals surface area contributed by atoms with Crippen molar-refractivity contribution in [2.75, 3.05) is 18.7 Å². The lowest BCUT2D eigenvalue weighted by Crippen LogP contribution is -2.22. The average molecular weight is 382 g/mol. The van der Waals surface area contributed by atoms with E-state index in [9.17, 15) is 19.7 Å². The molecular weight excluding hydrogens is 370 g/mol. The molecule has 1 N–H and O–H groups in total. The quantitative estimate of drug-likeness (QED) is 0.478. The highest BCUT2D eigenvalue weighted by Gasteiger charge is 2.21. The highest BCUT2D eigenvalue weighted by Crippen LogP contribution is 2.39. The predicted molar refractivity (Wildman–Crippen MR) is 88.6 cm³/mol. The van der Waals surface area contributed by atoms with Gasteiger partial charge in [-0.2, -0.15) is 0 Å². The van der Waals surface area contributed by atoms with Gasteiger partial charge in [0.1, 0.15) is 5.69 Å². The molecule has 0 fully saturated rings. The first-order valence-electron chi connectivity index (χ1n) is 7.22. The Hall–Kier alpha value is -3.27. The number of benzene rings is 1. The predicted octanol–water partition coefficient (Wildman–Crippen LogP) is 2.11. The van der Waals surface area contributed by atoms with Crippen molar-refractivity contribution in [2.24, 2.45) is 7.05 Å². The van der Waals surface area contributed by atoms with Gasteiger partial charge in [0, 0.05) is 25.2 Å². The standard InChI is InChI=1S/C15H12ClN3O7/c1-18-5-8(19(22)23)2-11(18)15(21)24-6-14(20)17-10-4-13-12(3-9(10)16)25-7-26-13/h2-5H,6-7H2,1H3,(H,17,20). The number of aryl methyl sites for hydroxylation is 1. The van der Waals surface area contributed by atoms with E-state index in [-0.39, 0.29) is 28.9 Å². The first kappa shape index (κ1) is 17.5. The van der Waals surface area contributed by atoms with Crippen molar-refractivity contribution in [2.45, 2.75) is 0 Å². The molecule has 1 aliphatic rings. The number of carbonyl (C=O) groups is 2. The molecule has 2 aromatic rings. The number of nitrogens with zero attached hydrogens (tertiary/aromatic N) is 2. The summed E-state index contributed by atoms with van der Waals surface area (Å²) in [6.45, 7) is -0.536. The van der Waals surface area contributed by atoms with Gasteiger partial charge in [0.05, 0.1) is 21.8 Å². The van der Waals surface area contributed by atoms with E-state index in [4.69, 9.17) is 25.8 Å². The number of carbonyl (C=O) groups excluding carboxylic acids is 2. The molecule has 0 bridgehead atoms. The van der Waals surface area contributed by atoms with Crippen molar-refractivity contribution in [3.63, 3.8) is 0 Å². The molecule has 0 saturated heterocycles. The third-order valence-corrected chi connectivity index (χ3v) is 3.79. The lowest BCUT2D eigenvalue weighted by molar-refractivity contribution is -0.384. The van der Waals surface area contributed by atoms with E-state index < -0.39 is 23.4 Å². The Balaban J connectivity index is 1.61. The minimum Gasteiger partial charge on any atom is -0.454 e. The van der Waals surface area contributed by atoms with Gasteiger partial charge in [-0.25, -0.2) is 4.79 Å². The van der Waals surface area contributed by atoms with Gasteiger partial charge in [0.2, 0.25) is 6.79 Å². The number of anilines is 1. The maximum absolute atomic E-state index is 12.0. The largest absolute Gasteiger partial charge is 0.454 e. The van der Waals surface area contributed by atoms with E-state index in [0.717, 1.165) is 6.07 Å². The fraction of sp³-hybridized carbons (Fsp3) is 0.200. The molecule has 0 unspecified atom stereocenters. The summed E-state index contributed by atoms with van der Waals surface area (Å²) in [6.07, 6.45) is 1.17. The van der Waals surface area contributed by atoms with Gasteiger partial charge < -0.3 is 24.1 Å². The van der Waals surface area contributed by atoms with E-state index in [0.29, 0.717) is 11.5 Å². The number of nitrogens with one attached hydrogen (secondary N) is 1. The van der Waals surface area contributed by atoms with Crippen LogP contribution in [0.3, 0.4) is 0 Å². The zero-order valence-electron chi connectivity index (χ0n) is 13.4. The van der Waals surface area contributed by atoms with Crippen LogP contribution < -0.4 is 14.8 Å². The van der Waals surface area contributed by atoms with E-state index >= 15 is 0 Å². The number of amides is 1. The van der Waals surface area contributed by atoms with E-state index in [2.05, 4.69) is 5.32 Å². The molecule has 136 valence electrons. The maximum atomic E-state index is 12.0. The van der Waals surface area contributed by atoms with Crippen LogP contribution in [0.2, 0.25) is 5.02 Å².